The molecular formula is C13H9N3O3S. The third kappa shape index (κ3) is 3.34. The van der Waals surface area contributed by atoms with E-state index >= 15 is 0 Å². The fourth-order valence-electron chi connectivity index (χ4n) is 1.42. The number of nitriles is 1. The number of carboxylic acids is 1. The predicted octanol–water partition coefficient (Wildman–Crippen LogP) is 2.96. The number of amides is 2. The number of hydrogen-bond donors (Lipinski definition) is 3. The van der Waals surface area contributed by atoms with Gasteiger partial charge >= 0.3 is 12.0 Å². The van der Waals surface area contributed by atoms with Crippen molar-refractivity contribution in [3.05, 3.63) is 46.8 Å². The number of urea groups is 1. The molecule has 1 aromatic carbocycles. The number of benzene rings is 1. The monoisotopic (exact) mass is 287 g/mol. The van der Waals surface area contributed by atoms with Gasteiger partial charge in [0.05, 0.1) is 16.6 Å². The first-order chi connectivity index (χ1) is 9.58. The zero-order valence-electron chi connectivity index (χ0n) is 10.1. The van der Waals surface area contributed by atoms with E-state index in [9.17, 15) is 9.59 Å². The highest BCUT2D eigenvalue weighted by Crippen LogP contribution is 2.22. The number of carbonyl (C=O) groups excluding carboxylic acids is 1. The van der Waals surface area contributed by atoms with Crippen LogP contribution in [0.25, 0.3) is 0 Å². The van der Waals surface area contributed by atoms with Crippen LogP contribution >= 0.6 is 11.3 Å². The van der Waals surface area contributed by atoms with Gasteiger partial charge in [0.1, 0.15) is 4.88 Å². The molecule has 3 N–H and O–H groups in total. The van der Waals surface area contributed by atoms with Gasteiger partial charge < -0.3 is 10.4 Å². The summed E-state index contributed by atoms with van der Waals surface area (Å²) in [4.78, 5) is 22.5. The van der Waals surface area contributed by atoms with Crippen molar-refractivity contribution in [3.8, 4) is 6.07 Å². The molecule has 0 bridgehead atoms. The number of carboxylic acid groups (broad SMARTS) is 1. The molecule has 2 aromatic rings. The first-order valence-electron chi connectivity index (χ1n) is 5.50. The number of anilines is 2. The molecule has 0 spiro atoms. The summed E-state index contributed by atoms with van der Waals surface area (Å²) in [7, 11) is 0. The molecule has 0 saturated carbocycles. The van der Waals surface area contributed by atoms with Crippen molar-refractivity contribution in [3.63, 3.8) is 0 Å². The summed E-state index contributed by atoms with van der Waals surface area (Å²) in [6.07, 6.45) is 0. The van der Waals surface area contributed by atoms with Gasteiger partial charge in [-0.15, -0.1) is 11.3 Å². The van der Waals surface area contributed by atoms with Crippen LogP contribution in [0.4, 0.5) is 15.5 Å². The average Bonchev–Trinajstić information content (AvgIpc) is 2.88. The molecule has 0 aliphatic carbocycles. The molecule has 6 nitrogen and oxygen atoms in total. The van der Waals surface area contributed by atoms with Crippen LogP contribution in [0.15, 0.2) is 36.4 Å². The van der Waals surface area contributed by atoms with Gasteiger partial charge in [-0.25, -0.2) is 9.59 Å². The fourth-order valence-corrected chi connectivity index (χ4v) is 2.16. The molecular weight excluding hydrogens is 278 g/mol. The number of thiophene rings is 1. The van der Waals surface area contributed by atoms with Gasteiger partial charge in [-0.2, -0.15) is 5.26 Å². The molecule has 2 rings (SSSR count). The van der Waals surface area contributed by atoms with Crippen LogP contribution < -0.4 is 10.6 Å². The quantitative estimate of drug-likeness (QED) is 0.807. The lowest BCUT2D eigenvalue weighted by Gasteiger charge is -2.05. The van der Waals surface area contributed by atoms with Crippen LogP contribution in [-0.2, 0) is 0 Å². The fraction of sp³-hybridized carbons (Fsp3) is 0. The maximum absolute atomic E-state index is 11.7. The van der Waals surface area contributed by atoms with Crippen LogP contribution in [0, 0.1) is 11.3 Å². The van der Waals surface area contributed by atoms with Gasteiger partial charge in [-0.1, -0.05) is 0 Å². The minimum absolute atomic E-state index is 0.152. The highest BCUT2D eigenvalue weighted by molar-refractivity contribution is 7.18. The maximum Gasteiger partial charge on any atom is 0.345 e. The zero-order valence-corrected chi connectivity index (χ0v) is 10.9. The Morgan fingerprint density at radius 1 is 1.10 bits per heavy atom. The second-order valence-electron chi connectivity index (χ2n) is 3.74. The number of nitrogens with one attached hydrogen (secondary N) is 2. The standard InChI is InChI=1S/C13H9N3O3S/c14-7-8-1-3-9(4-2-8)15-13(19)16-11-6-5-10(20-11)12(17)18/h1-6H,(H,17,18)(H2,15,16,19). The maximum atomic E-state index is 11.7. The van der Waals surface area contributed by atoms with Gasteiger partial charge in [-0.3, -0.25) is 5.32 Å². The lowest BCUT2D eigenvalue weighted by atomic mass is 10.2. The van der Waals surface area contributed by atoms with Crippen molar-refractivity contribution in [1.82, 2.24) is 0 Å². The Hall–Kier alpha value is -2.85. The predicted molar refractivity (Wildman–Crippen MR) is 75.1 cm³/mol. The molecule has 100 valence electrons. The molecule has 0 atom stereocenters. The van der Waals surface area contributed by atoms with Gasteiger partial charge in [0.15, 0.2) is 0 Å². The number of nitrogens with zero attached hydrogens (tertiary/aromatic N) is 1. The molecule has 20 heavy (non-hydrogen) atoms. The van der Waals surface area contributed by atoms with Crippen LogP contribution in [0.2, 0.25) is 0 Å². The SMILES string of the molecule is N#Cc1ccc(NC(=O)Nc2ccc(C(=O)O)s2)cc1. The van der Waals surface area contributed by atoms with E-state index in [2.05, 4.69) is 10.6 Å². The van der Waals surface area contributed by atoms with Gasteiger partial charge in [0.25, 0.3) is 0 Å². The molecule has 0 saturated heterocycles. The Kier molecular flexibility index (Phi) is 3.98. The van der Waals surface area contributed by atoms with Crippen LogP contribution in [0.3, 0.4) is 0 Å². The van der Waals surface area contributed by atoms with Crippen molar-refractivity contribution in [2.45, 2.75) is 0 Å². The molecule has 1 heterocycles. The summed E-state index contributed by atoms with van der Waals surface area (Å²) in [5, 5.41) is 23.0. The number of rotatable bonds is 3. The van der Waals surface area contributed by atoms with Crippen molar-refractivity contribution in [1.29, 1.82) is 5.26 Å². The topological polar surface area (TPSA) is 102 Å². The second kappa shape index (κ2) is 5.86. The third-order valence-corrected chi connectivity index (χ3v) is 3.31. The summed E-state index contributed by atoms with van der Waals surface area (Å²) in [6.45, 7) is 0. The minimum atomic E-state index is -1.03. The first-order valence-corrected chi connectivity index (χ1v) is 6.31. The molecule has 7 heteroatoms. The van der Waals surface area contributed by atoms with Gasteiger partial charge in [0.2, 0.25) is 0 Å². The highest BCUT2D eigenvalue weighted by atomic mass is 32.1. The minimum Gasteiger partial charge on any atom is -0.477 e. The van der Waals surface area contributed by atoms with Crippen molar-refractivity contribution >= 4 is 34.0 Å². The summed E-state index contributed by atoms with van der Waals surface area (Å²) in [5.74, 6) is -1.03. The van der Waals surface area contributed by atoms with E-state index in [1.807, 2.05) is 6.07 Å². The third-order valence-electron chi connectivity index (χ3n) is 2.33. The molecule has 2 amide bonds. The summed E-state index contributed by atoms with van der Waals surface area (Å²) in [5.41, 5.74) is 1.04. The lowest BCUT2D eigenvalue weighted by Crippen LogP contribution is -2.18. The van der Waals surface area contributed by atoms with E-state index in [1.54, 1.807) is 24.3 Å². The number of aromatic carboxylic acids is 1. The van der Waals surface area contributed by atoms with Crippen molar-refractivity contribution in [2.75, 3.05) is 10.6 Å². The average molecular weight is 287 g/mol. The zero-order chi connectivity index (χ0) is 14.5. The molecule has 0 fully saturated rings. The van der Waals surface area contributed by atoms with E-state index in [4.69, 9.17) is 10.4 Å². The Bertz CT molecular complexity index is 686. The van der Waals surface area contributed by atoms with Crippen molar-refractivity contribution < 1.29 is 14.7 Å². The number of hydrogen-bond acceptors (Lipinski definition) is 4. The highest BCUT2D eigenvalue weighted by Gasteiger charge is 2.09. The smallest absolute Gasteiger partial charge is 0.345 e. The van der Waals surface area contributed by atoms with Gasteiger partial charge in [-0.05, 0) is 36.4 Å². The Morgan fingerprint density at radius 3 is 2.35 bits per heavy atom. The van der Waals surface area contributed by atoms with Crippen molar-refractivity contribution in [2.24, 2.45) is 0 Å². The second-order valence-corrected chi connectivity index (χ2v) is 4.82. The van der Waals surface area contributed by atoms with Crippen LogP contribution in [0.1, 0.15) is 15.2 Å². The molecule has 0 unspecified atom stereocenters. The van der Waals surface area contributed by atoms with E-state index < -0.39 is 12.0 Å². The summed E-state index contributed by atoms with van der Waals surface area (Å²) in [6, 6.07) is 10.8. The molecule has 0 aliphatic rings. The molecule has 0 radical (unpaired) electrons. The number of carbonyl (C=O) groups is 2. The Morgan fingerprint density at radius 2 is 1.80 bits per heavy atom. The van der Waals surface area contributed by atoms with Crippen LogP contribution in [-0.4, -0.2) is 17.1 Å². The molecule has 1 aromatic heterocycles. The van der Waals surface area contributed by atoms with E-state index in [0.717, 1.165) is 11.3 Å². The van der Waals surface area contributed by atoms with E-state index in [-0.39, 0.29) is 4.88 Å². The summed E-state index contributed by atoms with van der Waals surface area (Å²) >= 11 is 0.971. The summed E-state index contributed by atoms with van der Waals surface area (Å²) < 4.78 is 0. The van der Waals surface area contributed by atoms with Crippen LogP contribution in [0.5, 0.6) is 0 Å². The normalized spacial score (nSPS) is 9.55. The largest absolute Gasteiger partial charge is 0.477 e. The van der Waals surface area contributed by atoms with Gasteiger partial charge in [0, 0.05) is 5.69 Å². The van der Waals surface area contributed by atoms with E-state index in [1.165, 1.54) is 12.1 Å². The lowest BCUT2D eigenvalue weighted by molar-refractivity contribution is 0.0702. The Labute approximate surface area is 118 Å². The first kappa shape index (κ1) is 13.6. The Balaban J connectivity index is 1.97. The molecule has 0 aliphatic heterocycles. The van der Waals surface area contributed by atoms with E-state index in [0.29, 0.717) is 16.3 Å².